The summed E-state index contributed by atoms with van der Waals surface area (Å²) in [7, 11) is 0. The Hall–Kier alpha value is -2.88. The number of hydrogen-bond acceptors (Lipinski definition) is 4. The maximum Gasteiger partial charge on any atom is 0.318 e. The summed E-state index contributed by atoms with van der Waals surface area (Å²) in [4.78, 5) is 18.6. The molecule has 2 heterocycles. The summed E-state index contributed by atoms with van der Waals surface area (Å²) < 4.78 is 1.58. The molecule has 0 bridgehead atoms. The van der Waals surface area contributed by atoms with Crippen LogP contribution in [0.4, 0.5) is 4.79 Å². The second-order valence-electron chi connectivity index (χ2n) is 7.54. The number of nitrogens with one attached hydrogen (secondary N) is 1. The van der Waals surface area contributed by atoms with Gasteiger partial charge in [0, 0.05) is 18.5 Å². The molecule has 1 saturated carbocycles. The summed E-state index contributed by atoms with van der Waals surface area (Å²) in [5.41, 5.74) is 1.47. The normalized spacial score (nSPS) is 20.7. The van der Waals surface area contributed by atoms with Crippen LogP contribution < -0.4 is 5.32 Å². The molecule has 0 radical (unpaired) electrons. The van der Waals surface area contributed by atoms with Crippen molar-refractivity contribution >= 4 is 6.03 Å². The van der Waals surface area contributed by atoms with Crippen LogP contribution in [0, 0.1) is 16.7 Å². The average Bonchev–Trinajstić information content (AvgIpc) is 3.16. The van der Waals surface area contributed by atoms with E-state index in [0.29, 0.717) is 13.1 Å². The maximum atomic E-state index is 12.8. The molecule has 7 heteroatoms. The predicted molar refractivity (Wildman–Crippen MR) is 99.5 cm³/mol. The minimum atomic E-state index is -0.0272. The lowest BCUT2D eigenvalue weighted by molar-refractivity contribution is -0.0695. The van der Waals surface area contributed by atoms with Crippen LogP contribution in [-0.4, -0.2) is 38.8 Å². The molecule has 1 aromatic carbocycles. The lowest BCUT2D eigenvalue weighted by atomic mass is 9.61. The number of nitriles is 1. The fourth-order valence-corrected chi connectivity index (χ4v) is 4.61. The molecule has 27 heavy (non-hydrogen) atoms. The third kappa shape index (κ3) is 3.39. The fourth-order valence-electron chi connectivity index (χ4n) is 4.61. The van der Waals surface area contributed by atoms with Gasteiger partial charge < -0.3 is 10.2 Å². The van der Waals surface area contributed by atoms with Gasteiger partial charge in [0.15, 0.2) is 0 Å². The van der Waals surface area contributed by atoms with Crippen molar-refractivity contribution in [1.29, 1.82) is 5.26 Å². The van der Waals surface area contributed by atoms with E-state index in [1.807, 2.05) is 17.0 Å². The number of urea groups is 1. The highest BCUT2D eigenvalue weighted by atomic mass is 16.2. The fraction of sp³-hybridized carbons (Fsp3) is 0.500. The highest BCUT2D eigenvalue weighted by molar-refractivity contribution is 5.76. The molecule has 1 aromatic heterocycles. The molecule has 2 aromatic rings. The first-order chi connectivity index (χ1) is 13.2. The summed E-state index contributed by atoms with van der Waals surface area (Å²) in [5.74, 6) is 0.146. The number of aromatic nitrogens is 3. The van der Waals surface area contributed by atoms with E-state index < -0.39 is 0 Å². The number of hydrogen-bond donors (Lipinski definition) is 1. The van der Waals surface area contributed by atoms with Crippen LogP contribution in [0.1, 0.15) is 49.5 Å². The summed E-state index contributed by atoms with van der Waals surface area (Å²) in [6.07, 6.45) is 7.73. The molecule has 1 spiro atoms. The van der Waals surface area contributed by atoms with E-state index in [0.717, 1.165) is 6.54 Å². The van der Waals surface area contributed by atoms with Gasteiger partial charge in [-0.1, -0.05) is 49.6 Å². The molecule has 2 aliphatic rings. The van der Waals surface area contributed by atoms with Gasteiger partial charge in [0.05, 0.1) is 12.6 Å². The van der Waals surface area contributed by atoms with Crippen LogP contribution in [-0.2, 0) is 6.54 Å². The van der Waals surface area contributed by atoms with E-state index in [1.165, 1.54) is 44.0 Å². The Morgan fingerprint density at radius 1 is 1.26 bits per heavy atom. The third-order valence-electron chi connectivity index (χ3n) is 5.86. The zero-order chi connectivity index (χ0) is 18.7. The molecule has 1 N–H and O–H groups in total. The zero-order valence-corrected chi connectivity index (χ0v) is 15.3. The smallest absolute Gasteiger partial charge is 0.318 e. The van der Waals surface area contributed by atoms with Crippen molar-refractivity contribution in [3.8, 4) is 6.07 Å². The second kappa shape index (κ2) is 7.39. The van der Waals surface area contributed by atoms with E-state index in [9.17, 15) is 4.79 Å². The van der Waals surface area contributed by atoms with Crippen LogP contribution in [0.15, 0.2) is 36.7 Å². The summed E-state index contributed by atoms with van der Waals surface area (Å²) in [6.45, 7) is 1.79. The van der Waals surface area contributed by atoms with Crippen LogP contribution in [0.25, 0.3) is 0 Å². The van der Waals surface area contributed by atoms with E-state index >= 15 is 0 Å². The summed E-state index contributed by atoms with van der Waals surface area (Å²) in [6, 6.07) is 12.4. The van der Waals surface area contributed by atoms with E-state index in [-0.39, 0.29) is 23.3 Å². The number of carbonyl (C=O) groups excluding carboxylic acids is 1. The van der Waals surface area contributed by atoms with Crippen molar-refractivity contribution in [3.63, 3.8) is 0 Å². The average molecular weight is 364 g/mol. The first-order valence-corrected chi connectivity index (χ1v) is 9.61. The molecule has 1 saturated heterocycles. The van der Waals surface area contributed by atoms with Gasteiger partial charge in [-0.3, -0.25) is 0 Å². The second-order valence-corrected chi connectivity index (χ2v) is 7.54. The molecule has 1 atom stereocenters. The van der Waals surface area contributed by atoms with Crippen molar-refractivity contribution < 1.29 is 4.79 Å². The molecule has 140 valence electrons. The lowest BCUT2D eigenvalue weighted by Crippen LogP contribution is -2.63. The SMILES string of the molecule is N#Cc1ncn(CCNC(=O)N2CC3(CCCCC3)C2c2ccccc2)n1. The number of carbonyl (C=O) groups is 1. The van der Waals surface area contributed by atoms with Crippen LogP contribution in [0.5, 0.6) is 0 Å². The van der Waals surface area contributed by atoms with Gasteiger partial charge in [-0.05, 0) is 18.4 Å². The Morgan fingerprint density at radius 3 is 2.74 bits per heavy atom. The van der Waals surface area contributed by atoms with E-state index in [2.05, 4.69) is 39.7 Å². The molecular weight excluding hydrogens is 340 g/mol. The largest absolute Gasteiger partial charge is 0.336 e. The van der Waals surface area contributed by atoms with E-state index in [1.54, 1.807) is 4.68 Å². The van der Waals surface area contributed by atoms with Gasteiger partial charge >= 0.3 is 6.03 Å². The van der Waals surface area contributed by atoms with Crippen molar-refractivity contribution in [2.45, 2.75) is 44.7 Å². The van der Waals surface area contributed by atoms with Gasteiger partial charge in [0.1, 0.15) is 12.4 Å². The van der Waals surface area contributed by atoms with Crippen LogP contribution in [0.3, 0.4) is 0 Å². The molecule has 1 aliphatic heterocycles. The molecule has 1 aliphatic carbocycles. The molecule has 4 rings (SSSR count). The Balaban J connectivity index is 1.41. The van der Waals surface area contributed by atoms with Gasteiger partial charge in [0.2, 0.25) is 0 Å². The van der Waals surface area contributed by atoms with E-state index in [4.69, 9.17) is 5.26 Å². The monoisotopic (exact) mass is 364 g/mol. The number of amides is 2. The van der Waals surface area contributed by atoms with Crippen LogP contribution in [0.2, 0.25) is 0 Å². The number of nitrogens with zero attached hydrogens (tertiary/aromatic N) is 5. The third-order valence-corrected chi connectivity index (χ3v) is 5.86. The van der Waals surface area contributed by atoms with Crippen molar-refractivity contribution in [3.05, 3.63) is 48.0 Å². The molecular formula is C20H24N6O. The summed E-state index contributed by atoms with van der Waals surface area (Å²) >= 11 is 0. The van der Waals surface area contributed by atoms with Gasteiger partial charge in [-0.2, -0.15) is 5.26 Å². The molecule has 2 amide bonds. The highest BCUT2D eigenvalue weighted by Gasteiger charge is 2.54. The first kappa shape index (κ1) is 17.5. The predicted octanol–water partition coefficient (Wildman–Crippen LogP) is 2.87. The first-order valence-electron chi connectivity index (χ1n) is 9.61. The zero-order valence-electron chi connectivity index (χ0n) is 15.3. The van der Waals surface area contributed by atoms with Gasteiger partial charge in [-0.25, -0.2) is 14.5 Å². The number of rotatable bonds is 4. The van der Waals surface area contributed by atoms with Gasteiger partial charge in [-0.15, -0.1) is 5.10 Å². The minimum Gasteiger partial charge on any atom is -0.336 e. The molecule has 1 unspecified atom stereocenters. The Bertz CT molecular complexity index is 834. The quantitative estimate of drug-likeness (QED) is 0.904. The number of likely N-dealkylation sites (tertiary alicyclic amines) is 1. The Kier molecular flexibility index (Phi) is 4.80. The van der Waals surface area contributed by atoms with Crippen LogP contribution >= 0.6 is 0 Å². The maximum absolute atomic E-state index is 12.8. The Labute approximate surface area is 159 Å². The highest BCUT2D eigenvalue weighted by Crippen LogP contribution is 2.56. The summed E-state index contributed by atoms with van der Waals surface area (Å²) in [5, 5.41) is 15.8. The topological polar surface area (TPSA) is 86.8 Å². The minimum absolute atomic E-state index is 0.0272. The lowest BCUT2D eigenvalue weighted by Gasteiger charge is -2.59. The molecule has 7 nitrogen and oxygen atoms in total. The Morgan fingerprint density at radius 2 is 2.04 bits per heavy atom. The van der Waals surface area contributed by atoms with Crippen molar-refractivity contribution in [2.75, 3.05) is 13.1 Å². The molecule has 2 fully saturated rings. The standard InChI is InChI=1S/C20H24N6O/c21-13-17-23-15-25(24-17)12-11-22-19(27)26-14-20(9-5-2-6-10-20)18(26)16-7-3-1-4-8-16/h1,3-4,7-8,15,18H,2,5-6,9-12,14H2,(H,22,27). The number of benzene rings is 1. The van der Waals surface area contributed by atoms with Crippen molar-refractivity contribution in [1.82, 2.24) is 25.0 Å². The van der Waals surface area contributed by atoms with Gasteiger partial charge in [0.25, 0.3) is 5.82 Å². The van der Waals surface area contributed by atoms with Crippen molar-refractivity contribution in [2.24, 2.45) is 5.41 Å².